The van der Waals surface area contributed by atoms with Crippen LogP contribution in [0.3, 0.4) is 0 Å². The van der Waals surface area contributed by atoms with Crippen molar-refractivity contribution in [3.63, 3.8) is 0 Å². The molecule has 1 N–H and O–H groups in total. The molecule has 0 spiro atoms. The lowest BCUT2D eigenvalue weighted by Gasteiger charge is -2.32. The Bertz CT molecular complexity index is 326. The van der Waals surface area contributed by atoms with Crippen molar-refractivity contribution < 1.29 is 8.42 Å². The van der Waals surface area contributed by atoms with E-state index in [0.29, 0.717) is 12.3 Å². The molecule has 1 rings (SSSR count). The van der Waals surface area contributed by atoms with Crippen molar-refractivity contribution in [2.24, 2.45) is 5.92 Å². The molecule has 0 aromatic carbocycles. The van der Waals surface area contributed by atoms with Gasteiger partial charge >= 0.3 is 0 Å². The van der Waals surface area contributed by atoms with E-state index >= 15 is 0 Å². The van der Waals surface area contributed by atoms with E-state index < -0.39 is 9.84 Å². The molecule has 0 unspecified atom stereocenters. The van der Waals surface area contributed by atoms with Crippen molar-refractivity contribution in [1.82, 2.24) is 10.2 Å². The second kappa shape index (κ2) is 9.16. The summed E-state index contributed by atoms with van der Waals surface area (Å²) in [5, 5.41) is 3.14. The van der Waals surface area contributed by atoms with Gasteiger partial charge in [0.05, 0.1) is 11.0 Å². The number of nitrogens with zero attached hydrogens (tertiary/aromatic N) is 1. The van der Waals surface area contributed by atoms with E-state index in [2.05, 4.69) is 17.1 Å². The maximum Gasteiger partial charge on any atom is 0.153 e. The third kappa shape index (κ3) is 6.93. The summed E-state index contributed by atoms with van der Waals surface area (Å²) in [6, 6.07) is 0. The number of hydrogen-bond donors (Lipinski definition) is 1. The smallest absolute Gasteiger partial charge is 0.153 e. The first-order valence-electron chi connectivity index (χ1n) is 7.10. The number of sulfone groups is 1. The van der Waals surface area contributed by atoms with Crippen LogP contribution in [0, 0.1) is 5.92 Å². The van der Waals surface area contributed by atoms with Crippen LogP contribution >= 0.6 is 12.4 Å². The second-order valence-corrected chi connectivity index (χ2v) is 8.19. The molecular weight excluding hydrogens is 284 g/mol. The molecule has 0 aromatic heterocycles. The van der Waals surface area contributed by atoms with Crippen molar-refractivity contribution in [2.75, 3.05) is 38.5 Å². The Kier molecular flexibility index (Phi) is 9.24. The first-order chi connectivity index (χ1) is 8.45. The van der Waals surface area contributed by atoms with Gasteiger partial charge in [0.2, 0.25) is 0 Å². The lowest BCUT2D eigenvalue weighted by Crippen LogP contribution is -2.40. The maximum absolute atomic E-state index is 11.7. The molecule has 0 aliphatic carbocycles. The molecule has 19 heavy (non-hydrogen) atoms. The van der Waals surface area contributed by atoms with Crippen molar-refractivity contribution in [3.8, 4) is 0 Å². The maximum atomic E-state index is 11.7. The van der Waals surface area contributed by atoms with E-state index in [9.17, 15) is 8.42 Å². The molecule has 0 radical (unpaired) electrons. The van der Waals surface area contributed by atoms with Gasteiger partial charge in [0, 0.05) is 6.54 Å². The van der Waals surface area contributed by atoms with E-state index in [1.807, 2.05) is 0 Å². The van der Waals surface area contributed by atoms with Gasteiger partial charge in [0.15, 0.2) is 9.84 Å². The molecule has 116 valence electrons. The number of rotatable bonds is 7. The van der Waals surface area contributed by atoms with Gasteiger partial charge in [-0.1, -0.05) is 6.92 Å². The van der Waals surface area contributed by atoms with Gasteiger partial charge in [-0.15, -0.1) is 12.4 Å². The predicted octanol–water partition coefficient (Wildman–Crippen LogP) is 1.55. The zero-order chi connectivity index (χ0) is 13.6. The van der Waals surface area contributed by atoms with Crippen molar-refractivity contribution in [2.45, 2.75) is 38.9 Å². The zero-order valence-corrected chi connectivity index (χ0v) is 14.0. The molecule has 0 saturated carbocycles. The Labute approximate surface area is 124 Å². The zero-order valence-electron chi connectivity index (χ0n) is 12.4. The third-order valence-corrected chi connectivity index (χ3v) is 5.99. The highest BCUT2D eigenvalue weighted by atomic mass is 35.5. The second-order valence-electron chi connectivity index (χ2n) is 5.51. The Morgan fingerprint density at radius 1 is 1.26 bits per heavy atom. The fraction of sp³-hybridized carbons (Fsp3) is 1.00. The van der Waals surface area contributed by atoms with E-state index in [-0.39, 0.29) is 17.7 Å². The average molecular weight is 313 g/mol. The van der Waals surface area contributed by atoms with Crippen LogP contribution in [0.25, 0.3) is 0 Å². The third-order valence-electron chi connectivity index (χ3n) is 3.80. The monoisotopic (exact) mass is 312 g/mol. The van der Waals surface area contributed by atoms with Gasteiger partial charge in [-0.05, 0) is 58.8 Å². The fourth-order valence-electron chi connectivity index (χ4n) is 2.25. The Balaban J connectivity index is 0.00000324. The molecule has 0 bridgehead atoms. The highest BCUT2D eigenvalue weighted by molar-refractivity contribution is 7.92. The molecule has 1 aliphatic rings. The normalized spacial score (nSPS) is 18.5. The summed E-state index contributed by atoms with van der Waals surface area (Å²) >= 11 is 0. The van der Waals surface area contributed by atoms with Crippen molar-refractivity contribution in [1.29, 1.82) is 0 Å². The van der Waals surface area contributed by atoms with Crippen LogP contribution < -0.4 is 5.32 Å². The topological polar surface area (TPSA) is 49.4 Å². The lowest BCUT2D eigenvalue weighted by molar-refractivity contribution is 0.191. The number of halogens is 1. The Hall–Kier alpha value is 0.160. The highest BCUT2D eigenvalue weighted by Crippen LogP contribution is 2.16. The lowest BCUT2D eigenvalue weighted by atomic mass is 9.97. The summed E-state index contributed by atoms with van der Waals surface area (Å²) in [4.78, 5) is 2.29. The summed E-state index contributed by atoms with van der Waals surface area (Å²) in [7, 11) is -2.88. The van der Waals surface area contributed by atoms with Gasteiger partial charge in [-0.3, -0.25) is 0 Å². The highest BCUT2D eigenvalue weighted by Gasteiger charge is 2.21. The van der Waals surface area contributed by atoms with E-state index in [0.717, 1.165) is 32.1 Å². The van der Waals surface area contributed by atoms with Crippen LogP contribution in [-0.2, 0) is 9.84 Å². The molecule has 1 aliphatic heterocycles. The Morgan fingerprint density at radius 2 is 1.84 bits per heavy atom. The van der Waals surface area contributed by atoms with Gasteiger partial charge in [0.25, 0.3) is 0 Å². The van der Waals surface area contributed by atoms with Crippen LogP contribution in [0.1, 0.15) is 33.6 Å². The van der Waals surface area contributed by atoms with Crippen molar-refractivity contribution >= 4 is 22.2 Å². The molecule has 4 nitrogen and oxygen atoms in total. The minimum atomic E-state index is -2.88. The summed E-state index contributed by atoms with van der Waals surface area (Å²) < 4.78 is 23.5. The Morgan fingerprint density at radius 3 is 2.32 bits per heavy atom. The molecule has 0 aromatic rings. The molecule has 1 fully saturated rings. The first-order valence-corrected chi connectivity index (χ1v) is 8.82. The molecular formula is C13H29ClN2O2S. The van der Waals surface area contributed by atoms with E-state index in [4.69, 9.17) is 0 Å². The van der Waals surface area contributed by atoms with E-state index in [1.165, 1.54) is 12.8 Å². The van der Waals surface area contributed by atoms with Crippen LogP contribution in [0.5, 0.6) is 0 Å². The van der Waals surface area contributed by atoms with Gasteiger partial charge in [0.1, 0.15) is 0 Å². The number of likely N-dealkylation sites (tertiary alicyclic amines) is 1. The fourth-order valence-corrected chi connectivity index (χ4v) is 3.24. The molecule has 0 atom stereocenters. The summed E-state index contributed by atoms with van der Waals surface area (Å²) in [5.41, 5.74) is 0. The predicted molar refractivity (Wildman–Crippen MR) is 83.9 cm³/mol. The molecule has 1 heterocycles. The minimum Gasteiger partial charge on any atom is -0.317 e. The first kappa shape index (κ1) is 19.2. The standard InChI is InChI=1S/C13H28N2O2S.ClH/c1-4-14-11-13-5-7-15(8-6-13)9-10-18(16,17)12(2)3;/h12-14H,4-11H2,1-3H3;1H. The van der Waals surface area contributed by atoms with E-state index in [1.54, 1.807) is 13.8 Å². The largest absolute Gasteiger partial charge is 0.317 e. The van der Waals surface area contributed by atoms with Crippen molar-refractivity contribution in [3.05, 3.63) is 0 Å². The van der Waals surface area contributed by atoms with Gasteiger partial charge in [-0.2, -0.15) is 0 Å². The number of nitrogens with one attached hydrogen (secondary N) is 1. The average Bonchev–Trinajstić information content (AvgIpc) is 2.35. The SMILES string of the molecule is CCNCC1CCN(CCS(=O)(=O)C(C)C)CC1.Cl. The van der Waals surface area contributed by atoms with Gasteiger partial charge in [-0.25, -0.2) is 8.42 Å². The van der Waals surface area contributed by atoms with Gasteiger partial charge < -0.3 is 10.2 Å². The summed E-state index contributed by atoms with van der Waals surface area (Å²) in [5.74, 6) is 1.07. The molecule has 6 heteroatoms. The van der Waals surface area contributed by atoms with Crippen LogP contribution in [0.2, 0.25) is 0 Å². The van der Waals surface area contributed by atoms with Crippen LogP contribution in [-0.4, -0.2) is 57.0 Å². The minimum absolute atomic E-state index is 0. The summed E-state index contributed by atoms with van der Waals surface area (Å²) in [6.07, 6.45) is 2.38. The molecule has 1 saturated heterocycles. The summed E-state index contributed by atoms with van der Waals surface area (Å²) in [6.45, 7) is 10.6. The van der Waals surface area contributed by atoms with Crippen LogP contribution in [0.15, 0.2) is 0 Å². The number of hydrogen-bond acceptors (Lipinski definition) is 4. The number of piperidine rings is 1. The molecule has 0 amide bonds. The van der Waals surface area contributed by atoms with Crippen LogP contribution in [0.4, 0.5) is 0 Å². The quantitative estimate of drug-likeness (QED) is 0.775.